The third-order valence-electron chi connectivity index (χ3n) is 3.44. The Balaban J connectivity index is 1.47. The number of anilines is 1. The first-order valence-corrected chi connectivity index (χ1v) is 8.25. The molecule has 0 aliphatic heterocycles. The van der Waals surface area contributed by atoms with Crippen molar-refractivity contribution in [2.45, 2.75) is 0 Å². The SMILES string of the molecule is O=C(COC(=O)COc1ccc2ccc(=O)oc2c1)Nc1ccc(Cl)cc1. The largest absolute Gasteiger partial charge is 0.482 e. The van der Waals surface area contributed by atoms with Gasteiger partial charge in [-0.1, -0.05) is 11.6 Å². The van der Waals surface area contributed by atoms with Gasteiger partial charge in [-0.2, -0.15) is 0 Å². The van der Waals surface area contributed by atoms with Crippen molar-refractivity contribution >= 4 is 40.1 Å². The molecule has 7 nitrogen and oxygen atoms in total. The third kappa shape index (κ3) is 5.32. The van der Waals surface area contributed by atoms with Crippen LogP contribution < -0.4 is 15.7 Å². The molecule has 0 aliphatic carbocycles. The minimum Gasteiger partial charge on any atom is -0.482 e. The molecule has 0 fully saturated rings. The molecule has 0 aliphatic rings. The predicted octanol–water partition coefficient (Wildman–Crippen LogP) is 3.01. The first-order valence-electron chi connectivity index (χ1n) is 7.87. The van der Waals surface area contributed by atoms with Crippen LogP contribution in [0.5, 0.6) is 5.75 Å². The lowest BCUT2D eigenvalue weighted by Gasteiger charge is -2.08. The van der Waals surface area contributed by atoms with Crippen LogP contribution in [-0.2, 0) is 14.3 Å². The molecule has 1 aromatic heterocycles. The number of hydrogen-bond acceptors (Lipinski definition) is 6. The molecule has 0 saturated carbocycles. The summed E-state index contributed by atoms with van der Waals surface area (Å²) in [5.41, 5.74) is 0.399. The Morgan fingerprint density at radius 1 is 1.00 bits per heavy atom. The number of carbonyl (C=O) groups excluding carboxylic acids is 2. The number of benzene rings is 2. The van der Waals surface area contributed by atoms with E-state index in [0.29, 0.717) is 22.0 Å². The number of halogens is 1. The van der Waals surface area contributed by atoms with Crippen molar-refractivity contribution < 1.29 is 23.5 Å². The highest BCUT2D eigenvalue weighted by Gasteiger charge is 2.09. The van der Waals surface area contributed by atoms with Crippen molar-refractivity contribution in [1.29, 1.82) is 0 Å². The fourth-order valence-electron chi connectivity index (χ4n) is 2.19. The zero-order chi connectivity index (χ0) is 19.2. The summed E-state index contributed by atoms with van der Waals surface area (Å²) in [7, 11) is 0. The first kappa shape index (κ1) is 18.5. The van der Waals surface area contributed by atoms with E-state index in [0.717, 1.165) is 5.39 Å². The second-order valence-corrected chi connectivity index (χ2v) is 5.89. The molecule has 0 atom stereocenters. The Kier molecular flexibility index (Phi) is 5.73. The predicted molar refractivity (Wildman–Crippen MR) is 99.0 cm³/mol. The van der Waals surface area contributed by atoms with Crippen LogP contribution in [0.3, 0.4) is 0 Å². The zero-order valence-corrected chi connectivity index (χ0v) is 14.7. The Morgan fingerprint density at radius 3 is 2.52 bits per heavy atom. The molecule has 27 heavy (non-hydrogen) atoms. The zero-order valence-electron chi connectivity index (χ0n) is 13.9. The van der Waals surface area contributed by atoms with Gasteiger partial charge in [0.15, 0.2) is 13.2 Å². The second-order valence-electron chi connectivity index (χ2n) is 5.46. The summed E-state index contributed by atoms with van der Waals surface area (Å²) >= 11 is 5.76. The maximum absolute atomic E-state index is 11.8. The summed E-state index contributed by atoms with van der Waals surface area (Å²) in [6.45, 7) is -0.839. The summed E-state index contributed by atoms with van der Waals surface area (Å²) in [6.07, 6.45) is 0. The molecule has 8 heteroatoms. The van der Waals surface area contributed by atoms with Gasteiger partial charge in [0.1, 0.15) is 11.3 Å². The molecule has 3 rings (SSSR count). The number of rotatable bonds is 6. The van der Waals surface area contributed by atoms with Crippen molar-refractivity contribution in [2.75, 3.05) is 18.5 Å². The van der Waals surface area contributed by atoms with Gasteiger partial charge in [0.05, 0.1) is 0 Å². The molecule has 1 amide bonds. The van der Waals surface area contributed by atoms with Crippen molar-refractivity contribution in [3.05, 3.63) is 70.0 Å². The van der Waals surface area contributed by atoms with Crippen LogP contribution in [-0.4, -0.2) is 25.1 Å². The van der Waals surface area contributed by atoms with Crippen molar-refractivity contribution in [3.8, 4) is 5.75 Å². The third-order valence-corrected chi connectivity index (χ3v) is 3.70. The monoisotopic (exact) mass is 387 g/mol. The van der Waals surface area contributed by atoms with Crippen molar-refractivity contribution in [2.24, 2.45) is 0 Å². The van der Waals surface area contributed by atoms with E-state index in [-0.39, 0.29) is 0 Å². The second kappa shape index (κ2) is 8.37. The molecule has 1 heterocycles. The molecule has 0 bridgehead atoms. The van der Waals surface area contributed by atoms with Crippen molar-refractivity contribution in [1.82, 2.24) is 0 Å². The normalized spacial score (nSPS) is 10.4. The fourth-order valence-corrected chi connectivity index (χ4v) is 2.32. The van der Waals surface area contributed by atoms with Gasteiger partial charge in [0.25, 0.3) is 5.91 Å². The summed E-state index contributed by atoms with van der Waals surface area (Å²) < 4.78 is 15.2. The van der Waals surface area contributed by atoms with E-state index < -0.39 is 30.7 Å². The van der Waals surface area contributed by atoms with E-state index in [9.17, 15) is 14.4 Å². The van der Waals surface area contributed by atoms with Gasteiger partial charge in [-0.25, -0.2) is 9.59 Å². The van der Waals surface area contributed by atoms with Gasteiger partial charge in [-0.15, -0.1) is 0 Å². The Hall–Kier alpha value is -3.32. The molecular weight excluding hydrogens is 374 g/mol. The van der Waals surface area contributed by atoms with Crippen molar-refractivity contribution in [3.63, 3.8) is 0 Å². The summed E-state index contributed by atoms with van der Waals surface area (Å²) in [5, 5.41) is 3.84. The molecule has 3 aromatic rings. The summed E-state index contributed by atoms with van der Waals surface area (Å²) in [6, 6.07) is 14.3. The van der Waals surface area contributed by atoms with Gasteiger partial charge in [0.2, 0.25) is 0 Å². The number of ether oxygens (including phenoxy) is 2. The molecule has 0 unspecified atom stereocenters. The van der Waals surface area contributed by atoms with Crippen LogP contribution in [0, 0.1) is 0 Å². The lowest BCUT2D eigenvalue weighted by atomic mass is 10.2. The average Bonchev–Trinajstić information content (AvgIpc) is 2.66. The van der Waals surface area contributed by atoms with Gasteiger partial charge in [-0.05, 0) is 42.5 Å². The molecule has 2 aromatic carbocycles. The topological polar surface area (TPSA) is 94.8 Å². The fraction of sp³-hybridized carbons (Fsp3) is 0.105. The molecule has 1 N–H and O–H groups in total. The first-order chi connectivity index (χ1) is 13.0. The minimum absolute atomic E-state index is 0.333. The molecular formula is C19H14ClNO6. The maximum atomic E-state index is 11.8. The highest BCUT2D eigenvalue weighted by atomic mass is 35.5. The van der Waals surface area contributed by atoms with Crippen LogP contribution in [0.1, 0.15) is 0 Å². The van der Waals surface area contributed by atoms with Crippen LogP contribution >= 0.6 is 11.6 Å². The van der Waals surface area contributed by atoms with E-state index in [4.69, 9.17) is 25.5 Å². The van der Waals surface area contributed by atoms with Crippen LogP contribution in [0.25, 0.3) is 11.0 Å². The van der Waals surface area contributed by atoms with E-state index in [2.05, 4.69) is 5.32 Å². The number of nitrogens with one attached hydrogen (secondary N) is 1. The molecule has 0 spiro atoms. The number of carbonyl (C=O) groups is 2. The van der Waals surface area contributed by atoms with E-state index in [1.807, 2.05) is 0 Å². The number of esters is 1. The standard InChI is InChI=1S/C19H14ClNO6/c20-13-3-5-14(6-4-13)21-17(22)10-26-19(24)11-25-15-7-1-12-2-8-18(23)27-16(12)9-15/h1-9H,10-11H2,(H,21,22). The molecule has 0 saturated heterocycles. The minimum atomic E-state index is -0.712. The van der Waals surface area contributed by atoms with Gasteiger partial charge in [-0.3, -0.25) is 4.79 Å². The number of amides is 1. The average molecular weight is 388 g/mol. The number of fused-ring (bicyclic) bond motifs is 1. The summed E-state index contributed by atoms with van der Waals surface area (Å²) in [4.78, 5) is 34.7. The van der Waals surface area contributed by atoms with Crippen LogP contribution in [0.2, 0.25) is 5.02 Å². The lowest BCUT2D eigenvalue weighted by molar-refractivity contribution is -0.149. The number of hydrogen-bond donors (Lipinski definition) is 1. The lowest BCUT2D eigenvalue weighted by Crippen LogP contribution is -2.23. The van der Waals surface area contributed by atoms with Crippen LogP contribution in [0.15, 0.2) is 63.8 Å². The van der Waals surface area contributed by atoms with Gasteiger partial charge in [0, 0.05) is 28.2 Å². The maximum Gasteiger partial charge on any atom is 0.344 e. The highest BCUT2D eigenvalue weighted by Crippen LogP contribution is 2.19. The highest BCUT2D eigenvalue weighted by molar-refractivity contribution is 6.30. The molecule has 138 valence electrons. The van der Waals surface area contributed by atoms with Crippen LogP contribution in [0.4, 0.5) is 5.69 Å². The van der Waals surface area contributed by atoms with E-state index >= 15 is 0 Å². The Labute approximate surface area is 158 Å². The van der Waals surface area contributed by atoms with Gasteiger partial charge < -0.3 is 19.2 Å². The molecule has 0 radical (unpaired) electrons. The Morgan fingerprint density at radius 2 is 1.74 bits per heavy atom. The smallest absolute Gasteiger partial charge is 0.344 e. The van der Waals surface area contributed by atoms with Gasteiger partial charge >= 0.3 is 11.6 Å². The van der Waals surface area contributed by atoms with E-state index in [1.165, 1.54) is 12.1 Å². The van der Waals surface area contributed by atoms with E-state index in [1.54, 1.807) is 42.5 Å². The summed E-state index contributed by atoms with van der Waals surface area (Å²) in [5.74, 6) is -0.867. The quantitative estimate of drug-likeness (QED) is 0.516. The Bertz CT molecular complexity index is 1030.